The maximum absolute atomic E-state index is 4.09. The lowest BCUT2D eigenvalue weighted by molar-refractivity contribution is 1.05. The minimum absolute atomic E-state index is 0.822. The van der Waals surface area contributed by atoms with E-state index in [1.165, 1.54) is 67.5 Å². The maximum atomic E-state index is 4.09. The molecule has 0 aliphatic rings. The van der Waals surface area contributed by atoms with E-state index in [0.29, 0.717) is 0 Å². The monoisotopic (exact) mass is 1070 g/mol. The van der Waals surface area contributed by atoms with Crippen LogP contribution in [0.1, 0.15) is 50.9 Å². The van der Waals surface area contributed by atoms with Crippen molar-refractivity contribution in [2.75, 3.05) is 0 Å². The third kappa shape index (κ3) is 29.9. The number of pyridine rings is 4. The molecule has 0 spiro atoms. The Morgan fingerprint density at radius 3 is 0.975 bits per heavy atom. The SMILES string of the molecule is Cc1cc(-c2ccccc2)cc(-c2ccccc2)c1.Cc1cccc(-c2cccnc2)c1.Cc1ccccc1.Cc1ccccn1.Cc1cccnc1.Cc1ccncc1.Cc1ccncn1.Cc1ncccn1.Cc1ncccn1. The molecular formula is C71H74N10. The van der Waals surface area contributed by atoms with Crippen molar-refractivity contribution >= 4 is 0 Å². The second kappa shape index (κ2) is 39.3. The van der Waals surface area contributed by atoms with Gasteiger partial charge in [0.05, 0.1) is 0 Å². The Labute approximate surface area is 481 Å². The van der Waals surface area contributed by atoms with Crippen LogP contribution >= 0.6 is 0 Å². The van der Waals surface area contributed by atoms with Crippen LogP contribution in [0.4, 0.5) is 0 Å². The summed E-state index contributed by atoms with van der Waals surface area (Å²) in [6.45, 7) is 18.0. The van der Waals surface area contributed by atoms with Gasteiger partial charge in [-0.15, -0.1) is 0 Å². The number of benzene rings is 5. The second-order valence-corrected chi connectivity index (χ2v) is 18.1. The lowest BCUT2D eigenvalue weighted by Gasteiger charge is -2.08. The molecule has 81 heavy (non-hydrogen) atoms. The average molecular weight is 1070 g/mol. The first-order valence-electron chi connectivity index (χ1n) is 26.5. The molecule has 12 rings (SSSR count). The van der Waals surface area contributed by atoms with Gasteiger partial charge >= 0.3 is 0 Å². The van der Waals surface area contributed by atoms with E-state index in [1.807, 2.05) is 127 Å². The summed E-state index contributed by atoms with van der Waals surface area (Å²) in [7, 11) is 0. The molecule has 0 N–H and O–H groups in total. The number of aryl methyl sites for hydroxylation is 9. The van der Waals surface area contributed by atoms with Crippen molar-refractivity contribution in [1.82, 2.24) is 49.8 Å². The summed E-state index contributed by atoms with van der Waals surface area (Å²) >= 11 is 0. The van der Waals surface area contributed by atoms with Gasteiger partial charge in [-0.05, 0) is 173 Å². The molecule has 0 amide bonds. The Hall–Kier alpha value is -10.1. The van der Waals surface area contributed by atoms with E-state index in [0.717, 1.165) is 23.0 Å². The highest BCUT2D eigenvalue weighted by atomic mass is 14.8. The van der Waals surface area contributed by atoms with Crippen LogP contribution in [0.15, 0.2) is 287 Å². The summed E-state index contributed by atoms with van der Waals surface area (Å²) in [6.07, 6.45) is 22.8. The van der Waals surface area contributed by atoms with Crippen LogP contribution in [0.2, 0.25) is 0 Å². The molecule has 0 saturated carbocycles. The molecule has 0 fully saturated rings. The van der Waals surface area contributed by atoms with Crippen LogP contribution in [0.3, 0.4) is 0 Å². The van der Waals surface area contributed by atoms with Gasteiger partial charge in [-0.25, -0.2) is 29.9 Å². The predicted molar refractivity (Wildman–Crippen MR) is 335 cm³/mol. The summed E-state index contributed by atoms with van der Waals surface area (Å²) in [6, 6.07) is 69.7. The van der Waals surface area contributed by atoms with E-state index in [4.69, 9.17) is 0 Å². The summed E-state index contributed by atoms with van der Waals surface area (Å²) < 4.78 is 0. The van der Waals surface area contributed by atoms with Crippen molar-refractivity contribution in [2.45, 2.75) is 62.3 Å². The summed E-state index contributed by atoms with van der Waals surface area (Å²) in [5, 5.41) is 0. The molecule has 0 atom stereocenters. The van der Waals surface area contributed by atoms with Gasteiger partial charge in [-0.2, -0.15) is 0 Å². The molecule has 10 heteroatoms. The third-order valence-electron chi connectivity index (χ3n) is 10.8. The summed E-state index contributed by atoms with van der Waals surface area (Å²) in [4.78, 5) is 38.9. The smallest absolute Gasteiger partial charge is 0.125 e. The van der Waals surface area contributed by atoms with Crippen LogP contribution in [-0.4, -0.2) is 49.8 Å². The molecule has 0 aliphatic carbocycles. The van der Waals surface area contributed by atoms with Gasteiger partial charge in [-0.1, -0.05) is 157 Å². The quantitative estimate of drug-likeness (QED) is 0.169. The minimum atomic E-state index is 0.822. The molecule has 0 aliphatic heterocycles. The molecule has 0 saturated heterocycles. The highest BCUT2D eigenvalue weighted by Crippen LogP contribution is 2.28. The maximum Gasteiger partial charge on any atom is 0.125 e. The molecule has 5 aromatic carbocycles. The topological polar surface area (TPSA) is 129 Å². The lowest BCUT2D eigenvalue weighted by atomic mass is 9.97. The first kappa shape index (κ1) is 63.5. The zero-order valence-corrected chi connectivity index (χ0v) is 48.1. The number of rotatable bonds is 3. The van der Waals surface area contributed by atoms with Crippen LogP contribution in [0.5, 0.6) is 0 Å². The van der Waals surface area contributed by atoms with Crippen molar-refractivity contribution < 1.29 is 0 Å². The molecule has 408 valence electrons. The fraction of sp³-hybridized carbons (Fsp3) is 0.127. The Morgan fingerprint density at radius 2 is 0.642 bits per heavy atom. The summed E-state index contributed by atoms with van der Waals surface area (Å²) in [5.74, 6) is 1.64. The fourth-order valence-corrected chi connectivity index (χ4v) is 6.70. The first-order chi connectivity index (χ1) is 39.4. The van der Waals surface area contributed by atoms with Crippen LogP contribution in [-0.2, 0) is 0 Å². The molecule has 0 radical (unpaired) electrons. The van der Waals surface area contributed by atoms with Crippen molar-refractivity contribution in [1.29, 1.82) is 0 Å². The third-order valence-corrected chi connectivity index (χ3v) is 10.8. The number of hydrogen-bond donors (Lipinski definition) is 0. The predicted octanol–water partition coefficient (Wildman–Crippen LogP) is 16.9. The van der Waals surface area contributed by atoms with E-state index in [2.05, 4.69) is 192 Å². The van der Waals surface area contributed by atoms with E-state index in [9.17, 15) is 0 Å². The Morgan fingerprint density at radius 1 is 0.210 bits per heavy atom. The molecule has 0 unspecified atom stereocenters. The van der Waals surface area contributed by atoms with Gasteiger partial charge in [0.25, 0.3) is 0 Å². The fourth-order valence-electron chi connectivity index (χ4n) is 6.70. The Balaban J connectivity index is 0.000000203. The van der Waals surface area contributed by atoms with Gasteiger partial charge < -0.3 is 0 Å². The summed E-state index contributed by atoms with van der Waals surface area (Å²) in [5.41, 5.74) is 15.9. The van der Waals surface area contributed by atoms with Crippen LogP contribution < -0.4 is 0 Å². The zero-order valence-electron chi connectivity index (χ0n) is 48.1. The van der Waals surface area contributed by atoms with Crippen molar-refractivity contribution in [3.05, 3.63) is 338 Å². The van der Waals surface area contributed by atoms with Crippen molar-refractivity contribution in [3.63, 3.8) is 0 Å². The van der Waals surface area contributed by atoms with Gasteiger partial charge in [0.2, 0.25) is 0 Å². The highest BCUT2D eigenvalue weighted by Gasteiger charge is 2.03. The molecule has 7 aromatic heterocycles. The van der Waals surface area contributed by atoms with Crippen LogP contribution in [0.25, 0.3) is 33.4 Å². The van der Waals surface area contributed by atoms with E-state index in [-0.39, 0.29) is 0 Å². The molecular weight excluding hydrogens is 993 g/mol. The standard InChI is InChI=1S/C19H16.C12H11N.C7H8.3C6H7N.3C5H6N2/c1-15-12-18(16-8-4-2-5-9-16)14-19(13-15)17-10-6-3-7-11-17;1-10-4-2-5-11(8-10)12-6-3-7-13-9-12;1-7-5-3-2-4-6-7;1-6-2-4-7-5-3-6;1-6-3-2-4-7-5-6;1-6-4-2-3-5-7-6;1-5-2-3-6-4-7-5;2*1-5-6-3-2-4-7-5/h2-14H,1H3;2-9H,1H3;2-6H,1H3;3*2-5H,1H3;3*2-4H,1H3. The largest absolute Gasteiger partial charge is 0.265 e. The highest BCUT2D eigenvalue weighted by molar-refractivity contribution is 5.74. The first-order valence-corrected chi connectivity index (χ1v) is 26.5. The molecule has 12 aromatic rings. The number of aromatic nitrogens is 10. The molecule has 7 heterocycles. The molecule has 0 bridgehead atoms. The zero-order chi connectivity index (χ0) is 58.0. The normalized spacial score (nSPS) is 9.30. The van der Waals surface area contributed by atoms with Gasteiger partial charge in [0, 0.05) is 85.7 Å². The second-order valence-electron chi connectivity index (χ2n) is 18.1. The number of nitrogens with zero attached hydrogens (tertiary/aromatic N) is 10. The average Bonchev–Trinajstić information content (AvgIpc) is 3.51. The van der Waals surface area contributed by atoms with E-state index in [1.54, 1.807) is 74.1 Å². The van der Waals surface area contributed by atoms with Gasteiger partial charge in [0.15, 0.2) is 0 Å². The number of hydrogen-bond acceptors (Lipinski definition) is 10. The van der Waals surface area contributed by atoms with Gasteiger partial charge in [-0.3, -0.25) is 19.9 Å². The van der Waals surface area contributed by atoms with Crippen molar-refractivity contribution in [2.24, 2.45) is 0 Å². The minimum Gasteiger partial charge on any atom is -0.265 e. The van der Waals surface area contributed by atoms with Crippen LogP contribution in [0, 0.1) is 62.3 Å². The Kier molecular flexibility index (Phi) is 30.8. The Bertz CT molecular complexity index is 2980. The van der Waals surface area contributed by atoms with E-state index < -0.39 is 0 Å². The lowest BCUT2D eigenvalue weighted by Crippen LogP contribution is -1.84. The van der Waals surface area contributed by atoms with Gasteiger partial charge in [0.1, 0.15) is 18.0 Å². The van der Waals surface area contributed by atoms with Crippen molar-refractivity contribution in [3.8, 4) is 33.4 Å². The van der Waals surface area contributed by atoms with E-state index >= 15 is 0 Å². The molecule has 10 nitrogen and oxygen atoms in total.